The van der Waals surface area contributed by atoms with Crippen molar-refractivity contribution in [1.29, 1.82) is 0 Å². The highest BCUT2D eigenvalue weighted by atomic mass is 79.9. The summed E-state index contributed by atoms with van der Waals surface area (Å²) in [5.74, 6) is -1.39. The van der Waals surface area contributed by atoms with Crippen LogP contribution in [0.4, 0.5) is 13.6 Å². The Labute approximate surface area is 181 Å². The van der Waals surface area contributed by atoms with Gasteiger partial charge in [0.15, 0.2) is 0 Å². The largest absolute Gasteiger partial charge is 0.329 e. The molecule has 2 aromatic carbocycles. The van der Waals surface area contributed by atoms with Gasteiger partial charge in [0.2, 0.25) is 0 Å². The fourth-order valence-corrected chi connectivity index (χ4v) is 3.60. The molecule has 2 N–H and O–H groups in total. The molecule has 0 saturated carbocycles. The van der Waals surface area contributed by atoms with Crippen molar-refractivity contribution in [3.8, 4) is 0 Å². The molecule has 2 amide bonds. The van der Waals surface area contributed by atoms with Gasteiger partial charge < -0.3 is 5.32 Å². The first kappa shape index (κ1) is 22.8. The Morgan fingerprint density at radius 2 is 1.93 bits per heavy atom. The van der Waals surface area contributed by atoms with Crippen LogP contribution in [0.25, 0.3) is 0 Å². The van der Waals surface area contributed by atoms with Crippen molar-refractivity contribution < 1.29 is 13.6 Å². The molecule has 1 unspecified atom stereocenters. The van der Waals surface area contributed by atoms with Crippen LogP contribution in [0.5, 0.6) is 0 Å². The van der Waals surface area contributed by atoms with Gasteiger partial charge in [-0.2, -0.15) is 0 Å². The summed E-state index contributed by atoms with van der Waals surface area (Å²) < 4.78 is 30.3. The molecule has 0 bridgehead atoms. The van der Waals surface area contributed by atoms with E-state index < -0.39 is 23.7 Å². The van der Waals surface area contributed by atoms with E-state index in [1.54, 1.807) is 0 Å². The SMILES string of the molecule is C=CN=C(C(=C)Br)C(Cc1cc(F)cc(F)c1)NC(=O)NSc1ccccc1C. The zero-order valence-corrected chi connectivity index (χ0v) is 18.1. The molecular weight excluding hydrogens is 460 g/mol. The third-order valence-electron chi connectivity index (χ3n) is 3.85. The Morgan fingerprint density at radius 3 is 2.52 bits per heavy atom. The predicted molar refractivity (Wildman–Crippen MR) is 118 cm³/mol. The number of hydrogen-bond acceptors (Lipinski definition) is 3. The molecule has 8 heteroatoms. The highest BCUT2D eigenvalue weighted by Gasteiger charge is 2.21. The van der Waals surface area contributed by atoms with Crippen LogP contribution in [0.2, 0.25) is 0 Å². The number of aliphatic imine (C=N–C) groups is 1. The van der Waals surface area contributed by atoms with E-state index in [2.05, 4.69) is 44.1 Å². The quantitative estimate of drug-likeness (QED) is 0.377. The zero-order chi connectivity index (χ0) is 21.4. The van der Waals surface area contributed by atoms with Crippen LogP contribution < -0.4 is 10.0 Å². The summed E-state index contributed by atoms with van der Waals surface area (Å²) >= 11 is 4.43. The fourth-order valence-electron chi connectivity index (χ4n) is 2.59. The van der Waals surface area contributed by atoms with Gasteiger partial charge in [0.1, 0.15) is 11.6 Å². The molecular formula is C21H20BrF2N3OS. The molecule has 0 aromatic heterocycles. The molecule has 0 radical (unpaired) electrons. The van der Waals surface area contributed by atoms with Crippen molar-refractivity contribution in [1.82, 2.24) is 10.0 Å². The van der Waals surface area contributed by atoms with Crippen LogP contribution in [-0.4, -0.2) is 17.8 Å². The summed E-state index contributed by atoms with van der Waals surface area (Å²) in [6, 6.07) is 9.64. The molecule has 0 fully saturated rings. The Hall–Kier alpha value is -2.45. The third kappa shape index (κ3) is 7.14. The lowest BCUT2D eigenvalue weighted by Crippen LogP contribution is -2.45. The first-order valence-electron chi connectivity index (χ1n) is 8.57. The predicted octanol–water partition coefficient (Wildman–Crippen LogP) is 5.68. The minimum atomic E-state index is -0.696. The fraction of sp³-hybridized carbons (Fsp3) is 0.143. The molecule has 0 spiro atoms. The van der Waals surface area contributed by atoms with Crippen LogP contribution in [-0.2, 0) is 6.42 Å². The highest BCUT2D eigenvalue weighted by molar-refractivity contribution is 9.12. The standard InChI is InChI=1S/C21H20BrF2N3OS/c1-4-25-20(14(3)22)18(11-15-9-16(23)12-17(24)10-15)26-21(28)27-29-19-8-6-5-7-13(19)2/h4-10,12,18H,1,3,11H2,2H3,(H2,26,27,28). The maximum absolute atomic E-state index is 13.6. The molecule has 29 heavy (non-hydrogen) atoms. The van der Waals surface area contributed by atoms with Gasteiger partial charge >= 0.3 is 6.03 Å². The summed E-state index contributed by atoms with van der Waals surface area (Å²) in [6.45, 7) is 9.30. The number of aryl methyl sites for hydroxylation is 1. The Morgan fingerprint density at radius 1 is 1.28 bits per heavy atom. The number of nitrogens with zero attached hydrogens (tertiary/aromatic N) is 1. The average molecular weight is 480 g/mol. The minimum absolute atomic E-state index is 0.106. The van der Waals surface area contributed by atoms with Gasteiger partial charge in [-0.05, 0) is 70.5 Å². The molecule has 152 valence electrons. The van der Waals surface area contributed by atoms with Gasteiger partial charge in [0.05, 0.1) is 11.8 Å². The van der Waals surface area contributed by atoms with Crippen LogP contribution >= 0.6 is 27.9 Å². The lowest BCUT2D eigenvalue weighted by atomic mass is 10.0. The van der Waals surface area contributed by atoms with Gasteiger partial charge in [-0.25, -0.2) is 13.6 Å². The van der Waals surface area contributed by atoms with Gasteiger partial charge in [-0.1, -0.05) is 31.4 Å². The number of nitrogens with one attached hydrogen (secondary N) is 2. The third-order valence-corrected chi connectivity index (χ3v) is 5.22. The first-order valence-corrected chi connectivity index (χ1v) is 10.2. The van der Waals surface area contributed by atoms with Crippen molar-refractivity contribution in [2.45, 2.75) is 24.3 Å². The van der Waals surface area contributed by atoms with Crippen molar-refractivity contribution in [2.75, 3.05) is 0 Å². The lowest BCUT2D eigenvalue weighted by molar-refractivity contribution is 0.245. The van der Waals surface area contributed by atoms with E-state index in [1.807, 2.05) is 31.2 Å². The maximum Gasteiger partial charge on any atom is 0.325 e. The number of halogens is 3. The second kappa shape index (κ2) is 10.9. The minimum Gasteiger partial charge on any atom is -0.329 e. The summed E-state index contributed by atoms with van der Waals surface area (Å²) in [7, 11) is 0. The van der Waals surface area contributed by atoms with E-state index in [4.69, 9.17) is 0 Å². The highest BCUT2D eigenvalue weighted by Crippen LogP contribution is 2.19. The second-order valence-electron chi connectivity index (χ2n) is 6.08. The van der Waals surface area contributed by atoms with Crippen LogP contribution in [0.1, 0.15) is 11.1 Å². The average Bonchev–Trinajstić information content (AvgIpc) is 2.64. The summed E-state index contributed by atoms with van der Waals surface area (Å²) in [6.07, 6.45) is 1.41. The van der Waals surface area contributed by atoms with E-state index in [0.29, 0.717) is 15.8 Å². The Kier molecular flexibility index (Phi) is 8.60. The molecule has 2 aromatic rings. The lowest BCUT2D eigenvalue weighted by Gasteiger charge is -2.21. The van der Waals surface area contributed by atoms with Crippen molar-refractivity contribution in [2.24, 2.45) is 4.99 Å². The van der Waals surface area contributed by atoms with E-state index in [0.717, 1.165) is 16.5 Å². The van der Waals surface area contributed by atoms with E-state index in [1.165, 1.54) is 30.3 Å². The van der Waals surface area contributed by atoms with Crippen molar-refractivity contribution in [3.05, 3.63) is 89.1 Å². The molecule has 0 saturated heterocycles. The molecule has 2 rings (SSSR count). The normalized spacial score (nSPS) is 12.2. The van der Waals surface area contributed by atoms with Crippen molar-refractivity contribution in [3.63, 3.8) is 0 Å². The van der Waals surface area contributed by atoms with E-state index in [-0.39, 0.29) is 6.42 Å². The Balaban J connectivity index is 2.19. The Bertz CT molecular complexity index is 929. The number of amides is 2. The number of carbonyl (C=O) groups is 1. The van der Waals surface area contributed by atoms with Crippen LogP contribution in [0, 0.1) is 18.6 Å². The summed E-state index contributed by atoms with van der Waals surface area (Å²) in [4.78, 5) is 17.5. The summed E-state index contributed by atoms with van der Waals surface area (Å²) in [5.41, 5.74) is 1.78. The van der Waals surface area contributed by atoms with E-state index in [9.17, 15) is 13.6 Å². The maximum atomic E-state index is 13.6. The second-order valence-corrected chi connectivity index (χ2v) is 7.88. The molecule has 0 aliphatic heterocycles. The van der Waals surface area contributed by atoms with E-state index >= 15 is 0 Å². The topological polar surface area (TPSA) is 53.5 Å². The van der Waals surface area contributed by atoms with Crippen LogP contribution in [0.15, 0.2) is 76.2 Å². The zero-order valence-electron chi connectivity index (χ0n) is 15.7. The van der Waals surface area contributed by atoms with Gasteiger partial charge in [0, 0.05) is 21.6 Å². The van der Waals surface area contributed by atoms with Gasteiger partial charge in [-0.3, -0.25) is 9.71 Å². The monoisotopic (exact) mass is 479 g/mol. The van der Waals surface area contributed by atoms with Gasteiger partial charge in [0.25, 0.3) is 0 Å². The number of urea groups is 1. The number of rotatable bonds is 8. The van der Waals surface area contributed by atoms with Crippen LogP contribution in [0.3, 0.4) is 0 Å². The molecule has 0 aliphatic rings. The molecule has 1 atom stereocenters. The number of hydrogen-bond donors (Lipinski definition) is 2. The molecule has 0 heterocycles. The number of carbonyl (C=O) groups excluding carboxylic acids is 1. The first-order chi connectivity index (χ1) is 13.8. The van der Waals surface area contributed by atoms with Gasteiger partial charge in [-0.15, -0.1) is 0 Å². The number of benzene rings is 2. The summed E-state index contributed by atoms with van der Waals surface area (Å²) in [5, 5.41) is 2.78. The smallest absolute Gasteiger partial charge is 0.325 e. The molecule has 4 nitrogen and oxygen atoms in total. The van der Waals surface area contributed by atoms with Crippen molar-refractivity contribution >= 4 is 39.6 Å². The molecule has 0 aliphatic carbocycles.